The van der Waals surface area contributed by atoms with Gasteiger partial charge in [-0.2, -0.15) is 0 Å². The number of amides is 3. The van der Waals surface area contributed by atoms with Crippen LogP contribution in [0.2, 0.25) is 5.02 Å². The zero-order chi connectivity index (χ0) is 16.6. The van der Waals surface area contributed by atoms with E-state index in [1.54, 1.807) is 20.8 Å². The molecule has 3 amide bonds. The molecule has 22 heavy (non-hydrogen) atoms. The number of benzene rings is 1. The molecule has 1 fully saturated rings. The lowest BCUT2D eigenvalue weighted by molar-refractivity contribution is -0.127. The highest BCUT2D eigenvalue weighted by Crippen LogP contribution is 2.34. The van der Waals surface area contributed by atoms with Gasteiger partial charge in [-0.15, -0.1) is 11.6 Å². The van der Waals surface area contributed by atoms with Gasteiger partial charge in [-0.3, -0.25) is 9.69 Å². The third kappa shape index (κ3) is 2.68. The minimum atomic E-state index is -0.604. The number of likely N-dealkylation sites (N-methyl/N-ethyl adjacent to an activating group) is 1. The zero-order valence-corrected chi connectivity index (χ0v) is 14.1. The molecule has 120 valence electrons. The lowest BCUT2D eigenvalue weighted by Gasteiger charge is -2.28. The van der Waals surface area contributed by atoms with Gasteiger partial charge in [0.25, 0.3) is 5.91 Å². The number of rotatable bonds is 4. The van der Waals surface area contributed by atoms with Crippen LogP contribution in [-0.4, -0.2) is 34.3 Å². The summed E-state index contributed by atoms with van der Waals surface area (Å²) in [7, 11) is 0. The van der Waals surface area contributed by atoms with E-state index in [2.05, 4.69) is 0 Å². The van der Waals surface area contributed by atoms with Crippen molar-refractivity contribution in [2.45, 2.75) is 38.7 Å². The van der Waals surface area contributed by atoms with Crippen LogP contribution < -0.4 is 0 Å². The second kappa shape index (κ2) is 6.42. The number of carbonyl (C=O) groups excluding carboxylic acids is 2. The van der Waals surface area contributed by atoms with Crippen LogP contribution in [0.1, 0.15) is 37.9 Å². The number of nitrogens with zero attached hydrogens (tertiary/aromatic N) is 2. The van der Waals surface area contributed by atoms with Crippen LogP contribution in [-0.2, 0) is 10.7 Å². The number of hydrogen-bond acceptors (Lipinski definition) is 2. The Bertz CT molecular complexity index is 624. The Labute approximate surface area is 138 Å². The third-order valence-electron chi connectivity index (χ3n) is 4.00. The predicted molar refractivity (Wildman–Crippen MR) is 83.5 cm³/mol. The standard InChI is InChI=1S/C15H17Cl2FN2O2/c1-4-19-14(21)9(3)20(15(19)22)8(2)11-5-10(18)6-13(17)12(11)7-16/h5-6,8-9H,4,7H2,1-3H3/t8-,9?/m0/s1. The molecule has 1 unspecified atom stereocenters. The second-order valence-electron chi connectivity index (χ2n) is 5.21. The molecule has 7 heteroatoms. The first-order valence-corrected chi connectivity index (χ1v) is 7.92. The molecule has 4 nitrogen and oxygen atoms in total. The molecule has 1 aromatic rings. The molecule has 2 atom stereocenters. The number of halogens is 3. The van der Waals surface area contributed by atoms with E-state index >= 15 is 0 Å². The lowest BCUT2D eigenvalue weighted by atomic mass is 10.00. The Morgan fingerprint density at radius 1 is 1.36 bits per heavy atom. The molecule has 1 aliphatic rings. The van der Waals surface area contributed by atoms with Crippen LogP contribution in [0.3, 0.4) is 0 Å². The molecule has 0 radical (unpaired) electrons. The summed E-state index contributed by atoms with van der Waals surface area (Å²) in [6.07, 6.45) is 0. The van der Waals surface area contributed by atoms with E-state index in [-0.39, 0.29) is 22.8 Å². The Morgan fingerprint density at radius 3 is 2.50 bits per heavy atom. The summed E-state index contributed by atoms with van der Waals surface area (Å²) in [6.45, 7) is 5.44. The van der Waals surface area contributed by atoms with Crippen molar-refractivity contribution in [1.29, 1.82) is 0 Å². The van der Waals surface area contributed by atoms with Crippen molar-refractivity contribution in [1.82, 2.24) is 9.80 Å². The Hall–Kier alpha value is -1.33. The number of carbonyl (C=O) groups is 2. The van der Waals surface area contributed by atoms with Crippen molar-refractivity contribution in [3.05, 3.63) is 34.1 Å². The van der Waals surface area contributed by atoms with Crippen molar-refractivity contribution in [3.63, 3.8) is 0 Å². The number of imide groups is 1. The molecule has 0 bridgehead atoms. The van der Waals surface area contributed by atoms with E-state index in [1.807, 2.05) is 0 Å². The average Bonchev–Trinajstić information content (AvgIpc) is 2.67. The number of urea groups is 1. The van der Waals surface area contributed by atoms with Crippen LogP contribution in [0.4, 0.5) is 9.18 Å². The first-order valence-electron chi connectivity index (χ1n) is 7.00. The van der Waals surface area contributed by atoms with Crippen LogP contribution in [0.25, 0.3) is 0 Å². The summed E-state index contributed by atoms with van der Waals surface area (Å²) in [5.41, 5.74) is 1.09. The van der Waals surface area contributed by atoms with Crippen molar-refractivity contribution >= 4 is 35.1 Å². The van der Waals surface area contributed by atoms with Gasteiger partial charge < -0.3 is 4.90 Å². The van der Waals surface area contributed by atoms with E-state index in [9.17, 15) is 14.0 Å². The summed E-state index contributed by atoms with van der Waals surface area (Å²) in [6, 6.07) is 1.01. The van der Waals surface area contributed by atoms with Gasteiger partial charge in [-0.05, 0) is 44.0 Å². The fraction of sp³-hybridized carbons (Fsp3) is 0.467. The molecule has 0 N–H and O–H groups in total. The molecule has 0 saturated carbocycles. The first kappa shape index (κ1) is 17.0. The van der Waals surface area contributed by atoms with E-state index in [1.165, 1.54) is 21.9 Å². The Balaban J connectivity index is 2.46. The van der Waals surface area contributed by atoms with Crippen molar-refractivity contribution < 1.29 is 14.0 Å². The van der Waals surface area contributed by atoms with Crippen molar-refractivity contribution in [3.8, 4) is 0 Å². The molecule has 1 saturated heterocycles. The lowest BCUT2D eigenvalue weighted by Crippen LogP contribution is -2.36. The summed E-state index contributed by atoms with van der Waals surface area (Å²) in [5.74, 6) is -0.659. The number of hydrogen-bond donors (Lipinski definition) is 0. The smallest absolute Gasteiger partial charge is 0.306 e. The highest BCUT2D eigenvalue weighted by Gasteiger charge is 2.44. The van der Waals surface area contributed by atoms with Gasteiger partial charge >= 0.3 is 6.03 Å². The summed E-state index contributed by atoms with van der Waals surface area (Å²) in [4.78, 5) is 27.2. The first-order chi connectivity index (χ1) is 10.3. The van der Waals surface area contributed by atoms with Crippen LogP contribution >= 0.6 is 23.2 Å². The van der Waals surface area contributed by atoms with Gasteiger partial charge in [0.2, 0.25) is 0 Å². The van der Waals surface area contributed by atoms with E-state index < -0.39 is 17.9 Å². The molecule has 1 aliphatic heterocycles. The van der Waals surface area contributed by atoms with Crippen LogP contribution in [0.5, 0.6) is 0 Å². The predicted octanol–water partition coefficient (Wildman–Crippen LogP) is 3.95. The van der Waals surface area contributed by atoms with Gasteiger partial charge in [0, 0.05) is 17.4 Å². The normalized spacial score (nSPS) is 20.0. The maximum absolute atomic E-state index is 13.7. The third-order valence-corrected chi connectivity index (χ3v) is 4.61. The second-order valence-corrected chi connectivity index (χ2v) is 5.89. The summed E-state index contributed by atoms with van der Waals surface area (Å²) < 4.78 is 13.7. The van der Waals surface area contributed by atoms with Crippen LogP contribution in [0.15, 0.2) is 12.1 Å². The summed E-state index contributed by atoms with van der Waals surface area (Å²) in [5, 5.41) is 0.217. The minimum Gasteiger partial charge on any atom is -0.306 e. The van der Waals surface area contributed by atoms with E-state index in [0.717, 1.165) is 0 Å². The summed E-state index contributed by atoms with van der Waals surface area (Å²) >= 11 is 11.9. The monoisotopic (exact) mass is 346 g/mol. The SMILES string of the molecule is CCN1C(=O)C(C)N([C@@H](C)c2cc(F)cc(Cl)c2CCl)C1=O. The topological polar surface area (TPSA) is 40.6 Å². The molecule has 0 aromatic heterocycles. The zero-order valence-electron chi connectivity index (χ0n) is 12.6. The van der Waals surface area contributed by atoms with E-state index in [0.29, 0.717) is 17.7 Å². The van der Waals surface area contributed by atoms with Gasteiger partial charge in [-0.25, -0.2) is 9.18 Å². The largest absolute Gasteiger partial charge is 0.327 e. The highest BCUT2D eigenvalue weighted by molar-refractivity contribution is 6.32. The van der Waals surface area contributed by atoms with Crippen LogP contribution in [0, 0.1) is 5.82 Å². The highest BCUT2D eigenvalue weighted by atomic mass is 35.5. The van der Waals surface area contributed by atoms with E-state index in [4.69, 9.17) is 23.2 Å². The minimum absolute atomic E-state index is 0.0979. The molecule has 0 aliphatic carbocycles. The van der Waals surface area contributed by atoms with Crippen molar-refractivity contribution in [2.24, 2.45) is 0 Å². The number of alkyl halides is 1. The van der Waals surface area contributed by atoms with Gasteiger partial charge in [0.1, 0.15) is 11.9 Å². The van der Waals surface area contributed by atoms with Gasteiger partial charge in [-0.1, -0.05) is 11.6 Å². The average molecular weight is 347 g/mol. The molecular weight excluding hydrogens is 330 g/mol. The molecule has 1 aromatic carbocycles. The maximum Gasteiger partial charge on any atom is 0.327 e. The molecule has 0 spiro atoms. The van der Waals surface area contributed by atoms with Gasteiger partial charge in [0.15, 0.2) is 0 Å². The Kier molecular flexibility index (Phi) is 4.97. The van der Waals surface area contributed by atoms with Gasteiger partial charge in [0.05, 0.1) is 6.04 Å². The fourth-order valence-corrected chi connectivity index (χ4v) is 3.47. The molecular formula is C15H17Cl2FN2O2. The quantitative estimate of drug-likeness (QED) is 0.611. The Morgan fingerprint density at radius 2 is 2.00 bits per heavy atom. The maximum atomic E-state index is 13.7. The van der Waals surface area contributed by atoms with Crippen molar-refractivity contribution in [2.75, 3.05) is 6.54 Å². The fourth-order valence-electron chi connectivity index (χ4n) is 2.82. The molecule has 1 heterocycles. The molecule has 2 rings (SSSR count).